The molecule has 0 spiro atoms. The molecule has 0 aliphatic carbocycles. The van der Waals surface area contributed by atoms with E-state index in [1.807, 2.05) is 20.8 Å². The predicted molar refractivity (Wildman–Crippen MR) is 122 cm³/mol. The van der Waals surface area contributed by atoms with Crippen LogP contribution in [0.25, 0.3) is 0 Å². The quantitative estimate of drug-likeness (QED) is 0.587. The minimum atomic E-state index is -3.10. The van der Waals surface area contributed by atoms with Crippen LogP contribution in [-0.2, 0) is 19.4 Å². The van der Waals surface area contributed by atoms with Gasteiger partial charge in [0, 0.05) is 23.8 Å². The number of benzene rings is 1. The smallest absolute Gasteiger partial charge is 0.238 e. The second-order valence-electron chi connectivity index (χ2n) is 8.33. The van der Waals surface area contributed by atoms with Crippen LogP contribution >= 0.6 is 0 Å². The Bertz CT molecular complexity index is 936. The Hall–Kier alpha value is -2.33. The number of carbonyl (C=O) groups is 2. The van der Waals surface area contributed by atoms with Gasteiger partial charge in [0.15, 0.2) is 21.3 Å². The summed E-state index contributed by atoms with van der Waals surface area (Å²) in [5.74, 6) is 0.985. The number of hydrogen-bond donors (Lipinski definition) is 1. The van der Waals surface area contributed by atoms with E-state index < -0.39 is 9.84 Å². The third-order valence-corrected chi connectivity index (χ3v) is 7.71. The van der Waals surface area contributed by atoms with Crippen LogP contribution in [0.3, 0.4) is 0 Å². The molecule has 3 rings (SSSR count). The number of fused-ring (bicyclic) bond motifs is 1. The fourth-order valence-corrected chi connectivity index (χ4v) is 5.79. The van der Waals surface area contributed by atoms with Crippen molar-refractivity contribution >= 4 is 27.3 Å². The lowest BCUT2D eigenvalue weighted by Gasteiger charge is -2.35. The van der Waals surface area contributed by atoms with E-state index >= 15 is 0 Å². The van der Waals surface area contributed by atoms with E-state index in [-0.39, 0.29) is 48.5 Å². The molecular formula is C22H33N3O6S. The first-order valence-corrected chi connectivity index (χ1v) is 13.0. The number of anilines is 1. The van der Waals surface area contributed by atoms with Crippen LogP contribution in [0.5, 0.6) is 11.5 Å². The number of amides is 2. The van der Waals surface area contributed by atoms with Crippen LogP contribution in [0, 0.1) is 0 Å². The average Bonchev–Trinajstić information content (AvgIpc) is 3.12. The molecule has 2 aliphatic heterocycles. The highest BCUT2D eigenvalue weighted by Gasteiger charge is 2.36. The molecule has 0 saturated carbocycles. The van der Waals surface area contributed by atoms with E-state index in [1.54, 1.807) is 28.0 Å². The van der Waals surface area contributed by atoms with Crippen molar-refractivity contribution in [1.29, 1.82) is 0 Å². The fourth-order valence-electron chi connectivity index (χ4n) is 4.08. The summed E-state index contributed by atoms with van der Waals surface area (Å²) in [4.78, 5) is 29.2. The number of nitrogens with zero attached hydrogens (tertiary/aromatic N) is 2. The molecule has 1 fully saturated rings. The van der Waals surface area contributed by atoms with Crippen molar-refractivity contribution in [3.8, 4) is 11.5 Å². The molecule has 2 aliphatic rings. The van der Waals surface area contributed by atoms with Crippen molar-refractivity contribution in [2.45, 2.75) is 45.7 Å². The number of likely N-dealkylation sites (N-methyl/N-ethyl adjacent to an activating group) is 1. The Labute approximate surface area is 190 Å². The number of sulfone groups is 1. The highest BCUT2D eigenvalue weighted by atomic mass is 32.2. The van der Waals surface area contributed by atoms with Crippen molar-refractivity contribution in [3.05, 3.63) is 18.2 Å². The lowest BCUT2D eigenvalue weighted by Crippen LogP contribution is -2.51. The maximum absolute atomic E-state index is 13.1. The number of carbonyl (C=O) groups excluding carboxylic acids is 2. The summed E-state index contributed by atoms with van der Waals surface area (Å²) in [7, 11) is -3.10. The van der Waals surface area contributed by atoms with Gasteiger partial charge in [-0.15, -0.1) is 0 Å². The van der Waals surface area contributed by atoms with Crippen LogP contribution in [0.1, 0.15) is 33.6 Å². The van der Waals surface area contributed by atoms with E-state index in [2.05, 4.69) is 5.32 Å². The molecule has 0 unspecified atom stereocenters. The second-order valence-corrected chi connectivity index (χ2v) is 10.6. The Morgan fingerprint density at radius 3 is 2.50 bits per heavy atom. The zero-order chi connectivity index (χ0) is 23.3. The minimum Gasteiger partial charge on any atom is -0.486 e. The molecule has 2 heterocycles. The summed E-state index contributed by atoms with van der Waals surface area (Å²) in [6.45, 7) is 7.39. The molecular weight excluding hydrogens is 434 g/mol. The summed E-state index contributed by atoms with van der Waals surface area (Å²) in [6.07, 6.45) is 1.20. The van der Waals surface area contributed by atoms with Crippen molar-refractivity contribution < 1.29 is 27.5 Å². The standard InChI is InChI=1S/C22H33N3O6S/c1-4-16(3)25(18-8-11-32(28,29)15-18)22(27)14-24(5-2)13-21(26)23-17-6-7-19-20(12-17)31-10-9-30-19/h6-7,12,16,18H,4-5,8-11,13-15H2,1-3H3,(H,23,26)/t16-,18+/m1/s1. The van der Waals surface area contributed by atoms with E-state index in [4.69, 9.17) is 9.47 Å². The van der Waals surface area contributed by atoms with Gasteiger partial charge in [0.2, 0.25) is 11.8 Å². The molecule has 1 aromatic rings. The van der Waals surface area contributed by atoms with Crippen LogP contribution in [0.15, 0.2) is 18.2 Å². The van der Waals surface area contributed by atoms with Crippen molar-refractivity contribution in [2.75, 3.05) is 49.7 Å². The highest BCUT2D eigenvalue weighted by Crippen LogP contribution is 2.32. The molecule has 10 heteroatoms. The maximum Gasteiger partial charge on any atom is 0.238 e. The van der Waals surface area contributed by atoms with Crippen molar-refractivity contribution in [1.82, 2.24) is 9.80 Å². The Morgan fingerprint density at radius 2 is 1.88 bits per heavy atom. The Kier molecular flexibility index (Phi) is 8.00. The molecule has 1 aromatic carbocycles. The summed E-state index contributed by atoms with van der Waals surface area (Å²) >= 11 is 0. The molecule has 9 nitrogen and oxygen atoms in total. The number of ether oxygens (including phenoxy) is 2. The largest absolute Gasteiger partial charge is 0.486 e. The highest BCUT2D eigenvalue weighted by molar-refractivity contribution is 7.91. The summed E-state index contributed by atoms with van der Waals surface area (Å²) in [6, 6.07) is 4.86. The lowest BCUT2D eigenvalue weighted by atomic mass is 10.1. The van der Waals surface area contributed by atoms with E-state index in [0.717, 1.165) is 6.42 Å². The molecule has 1 saturated heterocycles. The molecule has 0 radical (unpaired) electrons. The lowest BCUT2D eigenvalue weighted by molar-refractivity contribution is -0.137. The van der Waals surface area contributed by atoms with Gasteiger partial charge in [0.25, 0.3) is 0 Å². The van der Waals surface area contributed by atoms with Gasteiger partial charge in [-0.25, -0.2) is 8.42 Å². The minimum absolute atomic E-state index is 0.0137. The second kappa shape index (κ2) is 10.5. The monoisotopic (exact) mass is 467 g/mol. The molecule has 178 valence electrons. The van der Waals surface area contributed by atoms with Gasteiger partial charge in [0.05, 0.1) is 24.6 Å². The first kappa shape index (κ1) is 24.3. The Morgan fingerprint density at radius 1 is 1.16 bits per heavy atom. The average molecular weight is 468 g/mol. The number of rotatable bonds is 9. The SMILES string of the molecule is CC[C@@H](C)N(C(=O)CN(CC)CC(=O)Nc1ccc2c(c1)OCCO2)[C@H]1CCS(=O)(=O)C1. The van der Waals surface area contributed by atoms with Gasteiger partial charge in [-0.05, 0) is 38.4 Å². The third kappa shape index (κ3) is 6.13. The van der Waals surface area contributed by atoms with E-state index in [9.17, 15) is 18.0 Å². The van der Waals surface area contributed by atoms with Gasteiger partial charge in [-0.2, -0.15) is 0 Å². The third-order valence-electron chi connectivity index (χ3n) is 5.95. The van der Waals surface area contributed by atoms with Gasteiger partial charge < -0.3 is 19.7 Å². The maximum atomic E-state index is 13.1. The van der Waals surface area contributed by atoms with Crippen LogP contribution in [0.4, 0.5) is 5.69 Å². The van der Waals surface area contributed by atoms with E-state index in [1.165, 1.54) is 0 Å². The first-order valence-electron chi connectivity index (χ1n) is 11.2. The summed E-state index contributed by atoms with van der Waals surface area (Å²) in [5.41, 5.74) is 0.596. The van der Waals surface area contributed by atoms with Gasteiger partial charge >= 0.3 is 0 Å². The number of nitrogens with one attached hydrogen (secondary N) is 1. The van der Waals surface area contributed by atoms with Gasteiger partial charge in [-0.1, -0.05) is 13.8 Å². The Balaban J connectivity index is 1.60. The van der Waals surface area contributed by atoms with E-state index in [0.29, 0.717) is 43.4 Å². The predicted octanol–water partition coefficient (Wildman–Crippen LogP) is 1.53. The molecule has 0 aromatic heterocycles. The molecule has 1 N–H and O–H groups in total. The fraction of sp³-hybridized carbons (Fsp3) is 0.636. The first-order chi connectivity index (χ1) is 15.2. The van der Waals surface area contributed by atoms with Crippen LogP contribution < -0.4 is 14.8 Å². The zero-order valence-electron chi connectivity index (χ0n) is 19.0. The summed E-state index contributed by atoms with van der Waals surface area (Å²) < 4.78 is 34.9. The van der Waals surface area contributed by atoms with Gasteiger partial charge in [-0.3, -0.25) is 14.5 Å². The van der Waals surface area contributed by atoms with Crippen molar-refractivity contribution in [3.63, 3.8) is 0 Å². The van der Waals surface area contributed by atoms with Gasteiger partial charge in [0.1, 0.15) is 13.2 Å². The number of hydrogen-bond acceptors (Lipinski definition) is 7. The van der Waals surface area contributed by atoms with Crippen LogP contribution in [0.2, 0.25) is 0 Å². The molecule has 2 amide bonds. The molecule has 2 atom stereocenters. The topological polar surface area (TPSA) is 105 Å². The molecule has 0 bridgehead atoms. The van der Waals surface area contributed by atoms with Crippen molar-refractivity contribution in [2.24, 2.45) is 0 Å². The summed E-state index contributed by atoms with van der Waals surface area (Å²) in [5, 5.41) is 2.84. The molecule has 32 heavy (non-hydrogen) atoms. The normalized spacial score (nSPS) is 20.1. The zero-order valence-corrected chi connectivity index (χ0v) is 19.8. The van der Waals surface area contributed by atoms with Crippen LogP contribution in [-0.4, -0.2) is 86.5 Å².